The molecule has 0 aliphatic heterocycles. The molecule has 0 bridgehead atoms. The number of nitrogens with zero attached hydrogens (tertiary/aromatic N) is 3. The fraction of sp³-hybridized carbons (Fsp3) is 0.200. The van der Waals surface area contributed by atoms with Gasteiger partial charge in [-0.3, -0.25) is 19.6 Å². The van der Waals surface area contributed by atoms with Crippen LogP contribution in [0.2, 0.25) is 0 Å². The van der Waals surface area contributed by atoms with Crippen molar-refractivity contribution in [2.75, 3.05) is 7.11 Å². The molecule has 2 N–H and O–H groups in total. The molecule has 1 aromatic carbocycles. The fourth-order valence-electron chi connectivity index (χ4n) is 3.72. The van der Waals surface area contributed by atoms with Crippen molar-refractivity contribution in [2.45, 2.75) is 26.9 Å². The van der Waals surface area contributed by atoms with Crippen LogP contribution in [0.1, 0.15) is 28.7 Å². The minimum absolute atomic E-state index is 0.100. The van der Waals surface area contributed by atoms with Crippen LogP contribution in [0.4, 0.5) is 0 Å². The number of carbonyl (C=O) groups is 1. The number of nitrogens with one attached hydrogen (secondary N) is 2. The van der Waals surface area contributed by atoms with Gasteiger partial charge in [-0.1, -0.05) is 12.2 Å². The molecule has 0 radical (unpaired) electrons. The van der Waals surface area contributed by atoms with Crippen molar-refractivity contribution in [1.29, 1.82) is 0 Å². The van der Waals surface area contributed by atoms with Crippen LogP contribution < -0.4 is 15.6 Å². The molecule has 3 heterocycles. The Labute approximate surface area is 191 Å². The van der Waals surface area contributed by atoms with Gasteiger partial charge >= 0.3 is 0 Å². The van der Waals surface area contributed by atoms with Crippen LogP contribution in [0.15, 0.2) is 66.0 Å². The summed E-state index contributed by atoms with van der Waals surface area (Å²) in [4.78, 5) is 37.2. The number of amides is 1. The van der Waals surface area contributed by atoms with Crippen LogP contribution >= 0.6 is 0 Å². The van der Waals surface area contributed by atoms with Gasteiger partial charge < -0.3 is 19.6 Å². The van der Waals surface area contributed by atoms with E-state index >= 15 is 0 Å². The van der Waals surface area contributed by atoms with E-state index in [2.05, 4.69) is 20.3 Å². The first-order valence-electron chi connectivity index (χ1n) is 10.6. The normalized spacial score (nSPS) is 11.2. The maximum Gasteiger partial charge on any atom is 0.275 e. The number of ether oxygens (including phenoxy) is 1. The zero-order chi connectivity index (χ0) is 23.4. The smallest absolute Gasteiger partial charge is 0.275 e. The molecule has 4 rings (SSSR count). The first-order chi connectivity index (χ1) is 16.0. The Balaban J connectivity index is 1.78. The molecular weight excluding hydrogens is 418 g/mol. The number of H-pyrrole nitrogens is 1. The lowest BCUT2D eigenvalue weighted by Gasteiger charge is -2.14. The summed E-state index contributed by atoms with van der Waals surface area (Å²) >= 11 is 0. The van der Waals surface area contributed by atoms with Crippen LogP contribution in [0.5, 0.6) is 5.75 Å². The van der Waals surface area contributed by atoms with E-state index in [0.29, 0.717) is 29.1 Å². The van der Waals surface area contributed by atoms with Crippen molar-refractivity contribution in [2.24, 2.45) is 0 Å². The molecule has 168 valence electrons. The van der Waals surface area contributed by atoms with E-state index in [1.807, 2.05) is 38.3 Å². The number of hydrogen-bond acceptors (Lipinski definition) is 5. The number of aromatic nitrogens is 4. The summed E-state index contributed by atoms with van der Waals surface area (Å²) in [5.74, 6) is 0.366. The van der Waals surface area contributed by atoms with E-state index < -0.39 is 0 Å². The number of hydrogen-bond donors (Lipinski definition) is 2. The molecule has 0 aliphatic carbocycles. The summed E-state index contributed by atoms with van der Waals surface area (Å²) in [5, 5.41) is 3.65. The third-order valence-corrected chi connectivity index (χ3v) is 5.34. The average Bonchev–Trinajstić information content (AvgIpc) is 3.24. The molecule has 0 spiro atoms. The van der Waals surface area contributed by atoms with Gasteiger partial charge in [-0.25, -0.2) is 0 Å². The molecule has 4 aromatic rings. The molecule has 0 unspecified atom stereocenters. The molecule has 0 saturated heterocycles. The number of rotatable bonds is 7. The molecule has 8 heteroatoms. The predicted molar refractivity (Wildman–Crippen MR) is 127 cm³/mol. The lowest BCUT2D eigenvalue weighted by Crippen LogP contribution is -2.23. The Morgan fingerprint density at radius 1 is 1.24 bits per heavy atom. The predicted octanol–water partition coefficient (Wildman–Crippen LogP) is 3.61. The van der Waals surface area contributed by atoms with E-state index in [1.165, 1.54) is 0 Å². The molecule has 8 nitrogen and oxygen atoms in total. The van der Waals surface area contributed by atoms with Crippen molar-refractivity contribution in [3.8, 4) is 16.9 Å². The van der Waals surface area contributed by atoms with Gasteiger partial charge in [0, 0.05) is 52.9 Å². The third kappa shape index (κ3) is 4.55. The number of allylic oxidation sites excluding steroid dienone is 2. The number of methoxy groups -OCH3 is 1. The highest BCUT2D eigenvalue weighted by Crippen LogP contribution is 2.35. The maximum atomic E-state index is 13.0. The molecular formula is C25H25N5O3. The number of aryl methyl sites for hydroxylation is 1. The van der Waals surface area contributed by atoms with Gasteiger partial charge in [-0.05, 0) is 38.1 Å². The van der Waals surface area contributed by atoms with Crippen LogP contribution in [-0.4, -0.2) is 32.5 Å². The average molecular weight is 444 g/mol. The second kappa shape index (κ2) is 9.52. The van der Waals surface area contributed by atoms with E-state index in [4.69, 9.17) is 4.74 Å². The molecule has 3 aromatic heterocycles. The second-order valence-electron chi connectivity index (χ2n) is 7.60. The number of carbonyl (C=O) groups excluding carboxylic acids is 1. The Hall–Kier alpha value is -4.20. The summed E-state index contributed by atoms with van der Waals surface area (Å²) < 4.78 is 7.26. The van der Waals surface area contributed by atoms with E-state index in [1.54, 1.807) is 48.5 Å². The summed E-state index contributed by atoms with van der Waals surface area (Å²) in [5.41, 5.74) is 3.97. The molecule has 0 atom stereocenters. The van der Waals surface area contributed by atoms with Gasteiger partial charge in [-0.15, -0.1) is 0 Å². The van der Waals surface area contributed by atoms with Gasteiger partial charge in [0.15, 0.2) is 0 Å². The summed E-state index contributed by atoms with van der Waals surface area (Å²) in [7, 11) is 1.59. The zero-order valence-electron chi connectivity index (χ0n) is 18.8. The monoisotopic (exact) mass is 443 g/mol. The molecule has 0 aliphatic rings. The Morgan fingerprint density at radius 2 is 2.09 bits per heavy atom. The standard InChI is InChI=1S/C25H25N5O3/c1-4-5-10-30-15-21(20-11-16(2)29-23(20)25(30)32)19-12-17(6-7-22(19)33-3)24(31)28-14-18-13-26-8-9-27-18/h4-9,11-13,15,29H,10,14H2,1-3H3,(H,28,31). The van der Waals surface area contributed by atoms with E-state index in [9.17, 15) is 9.59 Å². The van der Waals surface area contributed by atoms with Gasteiger partial charge in [0.05, 0.1) is 25.5 Å². The lowest BCUT2D eigenvalue weighted by atomic mass is 9.99. The van der Waals surface area contributed by atoms with Gasteiger partial charge in [0.2, 0.25) is 0 Å². The lowest BCUT2D eigenvalue weighted by molar-refractivity contribution is 0.0950. The minimum atomic E-state index is -0.242. The number of pyridine rings is 1. The van der Waals surface area contributed by atoms with Gasteiger partial charge in [0.25, 0.3) is 11.5 Å². The topological polar surface area (TPSA) is 102 Å². The number of aromatic amines is 1. The molecule has 0 fully saturated rings. The van der Waals surface area contributed by atoms with Crippen molar-refractivity contribution in [3.63, 3.8) is 0 Å². The molecule has 1 amide bonds. The van der Waals surface area contributed by atoms with Crippen LogP contribution in [0.25, 0.3) is 22.0 Å². The van der Waals surface area contributed by atoms with Gasteiger partial charge in [-0.2, -0.15) is 0 Å². The highest BCUT2D eigenvalue weighted by Gasteiger charge is 2.18. The zero-order valence-corrected chi connectivity index (χ0v) is 18.8. The van der Waals surface area contributed by atoms with Crippen LogP contribution in [0.3, 0.4) is 0 Å². The van der Waals surface area contributed by atoms with Crippen LogP contribution in [0, 0.1) is 6.92 Å². The van der Waals surface area contributed by atoms with Crippen molar-refractivity contribution >= 4 is 16.8 Å². The maximum absolute atomic E-state index is 13.0. The number of fused-ring (bicyclic) bond motifs is 1. The van der Waals surface area contributed by atoms with Crippen molar-refractivity contribution in [3.05, 3.63) is 88.5 Å². The first kappa shape index (κ1) is 22.0. The van der Waals surface area contributed by atoms with Crippen molar-refractivity contribution < 1.29 is 9.53 Å². The Kier molecular flexibility index (Phi) is 6.35. The van der Waals surface area contributed by atoms with Gasteiger partial charge in [0.1, 0.15) is 11.3 Å². The largest absolute Gasteiger partial charge is 0.496 e. The van der Waals surface area contributed by atoms with E-state index in [-0.39, 0.29) is 18.0 Å². The van der Waals surface area contributed by atoms with Crippen LogP contribution in [-0.2, 0) is 13.1 Å². The summed E-state index contributed by atoms with van der Waals surface area (Å²) in [6, 6.07) is 7.20. The number of benzene rings is 1. The SMILES string of the molecule is CC=CCn1cc(-c2cc(C(=O)NCc3cnccn3)ccc2OC)c2cc(C)[nH]c2c1=O. The second-order valence-corrected chi connectivity index (χ2v) is 7.60. The fourth-order valence-corrected chi connectivity index (χ4v) is 3.72. The highest BCUT2D eigenvalue weighted by atomic mass is 16.5. The minimum Gasteiger partial charge on any atom is -0.496 e. The Morgan fingerprint density at radius 3 is 2.82 bits per heavy atom. The summed E-state index contributed by atoms with van der Waals surface area (Å²) in [6.45, 7) is 4.53. The highest BCUT2D eigenvalue weighted by molar-refractivity contribution is 6.00. The third-order valence-electron chi connectivity index (χ3n) is 5.34. The Bertz CT molecular complexity index is 1390. The molecule has 33 heavy (non-hydrogen) atoms. The quantitative estimate of drug-likeness (QED) is 0.425. The van der Waals surface area contributed by atoms with Crippen molar-refractivity contribution in [1.82, 2.24) is 24.8 Å². The summed E-state index contributed by atoms with van der Waals surface area (Å²) in [6.07, 6.45) is 10.4. The van der Waals surface area contributed by atoms with E-state index in [0.717, 1.165) is 22.2 Å². The molecule has 0 saturated carbocycles. The first-order valence-corrected chi connectivity index (χ1v) is 10.6.